The van der Waals surface area contributed by atoms with Gasteiger partial charge in [-0.2, -0.15) is 4.31 Å². The number of carbonyl (C=O) groups is 2. The lowest BCUT2D eigenvalue weighted by atomic mass is 10.1. The van der Waals surface area contributed by atoms with Gasteiger partial charge >= 0.3 is 5.97 Å². The lowest BCUT2D eigenvalue weighted by Crippen LogP contribution is -2.51. The van der Waals surface area contributed by atoms with Crippen LogP contribution in [0, 0.1) is 6.92 Å². The maximum absolute atomic E-state index is 12.7. The zero-order chi connectivity index (χ0) is 21.7. The summed E-state index contributed by atoms with van der Waals surface area (Å²) >= 11 is 0. The second kappa shape index (κ2) is 9.40. The SMILES string of the molecule is CCc1ccc(C(=O)OCC(=O)N2CCN(S(=O)(=O)c3ccc(C)cc3)CC2)cc1. The molecule has 160 valence electrons. The van der Waals surface area contributed by atoms with Crippen LogP contribution in [-0.4, -0.2) is 62.3 Å². The van der Waals surface area contributed by atoms with Crippen LogP contribution < -0.4 is 0 Å². The third-order valence-electron chi connectivity index (χ3n) is 5.17. The third-order valence-corrected chi connectivity index (χ3v) is 7.09. The third kappa shape index (κ3) is 5.06. The number of hydrogen-bond acceptors (Lipinski definition) is 5. The zero-order valence-corrected chi connectivity index (χ0v) is 18.0. The number of amides is 1. The number of hydrogen-bond donors (Lipinski definition) is 0. The highest BCUT2D eigenvalue weighted by Crippen LogP contribution is 2.18. The average Bonchev–Trinajstić information content (AvgIpc) is 2.77. The van der Waals surface area contributed by atoms with Crippen LogP contribution in [-0.2, 0) is 26.0 Å². The topological polar surface area (TPSA) is 84.0 Å². The monoisotopic (exact) mass is 430 g/mol. The molecule has 1 aliphatic heterocycles. The summed E-state index contributed by atoms with van der Waals surface area (Å²) in [5.41, 5.74) is 2.50. The Morgan fingerprint density at radius 1 is 0.933 bits per heavy atom. The summed E-state index contributed by atoms with van der Waals surface area (Å²) in [7, 11) is -3.59. The summed E-state index contributed by atoms with van der Waals surface area (Å²) in [6, 6.07) is 13.8. The maximum Gasteiger partial charge on any atom is 0.338 e. The van der Waals surface area contributed by atoms with Crippen molar-refractivity contribution in [2.75, 3.05) is 32.8 Å². The fourth-order valence-electron chi connectivity index (χ4n) is 3.22. The Morgan fingerprint density at radius 3 is 2.10 bits per heavy atom. The summed E-state index contributed by atoms with van der Waals surface area (Å²) in [4.78, 5) is 26.3. The lowest BCUT2D eigenvalue weighted by Gasteiger charge is -2.33. The van der Waals surface area contributed by atoms with Crippen LogP contribution >= 0.6 is 0 Å². The van der Waals surface area contributed by atoms with E-state index in [1.807, 2.05) is 26.0 Å². The summed E-state index contributed by atoms with van der Waals surface area (Å²) in [6.07, 6.45) is 0.874. The van der Waals surface area contributed by atoms with Gasteiger partial charge in [-0.15, -0.1) is 0 Å². The van der Waals surface area contributed by atoms with Crippen LogP contribution in [0.2, 0.25) is 0 Å². The van der Waals surface area contributed by atoms with Crippen molar-refractivity contribution in [3.8, 4) is 0 Å². The zero-order valence-electron chi connectivity index (χ0n) is 17.2. The van der Waals surface area contributed by atoms with Crippen molar-refractivity contribution >= 4 is 21.9 Å². The van der Waals surface area contributed by atoms with Crippen LogP contribution in [0.1, 0.15) is 28.4 Å². The van der Waals surface area contributed by atoms with Gasteiger partial charge in [0, 0.05) is 26.2 Å². The van der Waals surface area contributed by atoms with Gasteiger partial charge in [-0.05, 0) is 43.2 Å². The standard InChI is InChI=1S/C22H26N2O5S/c1-3-18-6-8-19(9-7-18)22(26)29-16-21(25)23-12-14-24(15-13-23)30(27,28)20-10-4-17(2)5-11-20/h4-11H,3,12-16H2,1-2H3. The minimum absolute atomic E-state index is 0.203. The number of esters is 1. The van der Waals surface area contributed by atoms with Crippen molar-refractivity contribution in [3.05, 3.63) is 65.2 Å². The number of rotatable bonds is 6. The van der Waals surface area contributed by atoms with Crippen LogP contribution in [0.3, 0.4) is 0 Å². The molecule has 0 radical (unpaired) electrons. The van der Waals surface area contributed by atoms with Crippen LogP contribution in [0.25, 0.3) is 0 Å². The molecule has 3 rings (SSSR count). The highest BCUT2D eigenvalue weighted by Gasteiger charge is 2.30. The summed E-state index contributed by atoms with van der Waals surface area (Å²) in [6.45, 7) is 4.48. The largest absolute Gasteiger partial charge is 0.452 e. The van der Waals surface area contributed by atoms with E-state index in [4.69, 9.17) is 4.74 Å². The quantitative estimate of drug-likeness (QED) is 0.657. The molecular formula is C22H26N2O5S. The molecule has 0 aromatic heterocycles. The average molecular weight is 431 g/mol. The molecule has 2 aromatic rings. The smallest absolute Gasteiger partial charge is 0.338 e. The lowest BCUT2D eigenvalue weighted by molar-refractivity contribution is -0.135. The normalized spacial score (nSPS) is 15.1. The molecule has 0 atom stereocenters. The van der Waals surface area contributed by atoms with E-state index in [2.05, 4.69) is 0 Å². The van der Waals surface area contributed by atoms with Gasteiger partial charge in [-0.3, -0.25) is 4.79 Å². The number of nitrogens with zero attached hydrogens (tertiary/aromatic N) is 2. The first kappa shape index (κ1) is 22.0. The molecule has 0 unspecified atom stereocenters. The van der Waals surface area contributed by atoms with Gasteiger partial charge in [-0.1, -0.05) is 36.8 Å². The van der Waals surface area contributed by atoms with E-state index in [9.17, 15) is 18.0 Å². The second-order valence-corrected chi connectivity index (χ2v) is 9.16. The number of benzene rings is 2. The first-order chi connectivity index (χ1) is 14.3. The highest BCUT2D eigenvalue weighted by atomic mass is 32.2. The molecule has 1 saturated heterocycles. The fourth-order valence-corrected chi connectivity index (χ4v) is 4.64. The van der Waals surface area contributed by atoms with E-state index >= 15 is 0 Å². The molecule has 0 bridgehead atoms. The molecule has 0 spiro atoms. The van der Waals surface area contributed by atoms with Crippen molar-refractivity contribution in [2.24, 2.45) is 0 Å². The predicted molar refractivity (Wildman–Crippen MR) is 113 cm³/mol. The molecule has 0 N–H and O–H groups in total. The molecule has 0 aliphatic carbocycles. The molecule has 1 aliphatic rings. The molecule has 0 saturated carbocycles. The molecule has 8 heteroatoms. The van der Waals surface area contributed by atoms with Crippen molar-refractivity contribution in [1.29, 1.82) is 0 Å². The number of carbonyl (C=O) groups excluding carboxylic acids is 2. The van der Waals surface area contributed by atoms with Crippen molar-refractivity contribution in [2.45, 2.75) is 25.2 Å². The molecule has 1 fully saturated rings. The van der Waals surface area contributed by atoms with E-state index in [0.29, 0.717) is 5.56 Å². The number of aryl methyl sites for hydroxylation is 2. The molecule has 7 nitrogen and oxygen atoms in total. The number of sulfonamides is 1. The highest BCUT2D eigenvalue weighted by molar-refractivity contribution is 7.89. The Hall–Kier alpha value is -2.71. The van der Waals surface area contributed by atoms with Gasteiger partial charge in [0.2, 0.25) is 10.0 Å². The van der Waals surface area contributed by atoms with Gasteiger partial charge in [0.25, 0.3) is 5.91 Å². The van der Waals surface area contributed by atoms with E-state index in [1.165, 1.54) is 9.21 Å². The van der Waals surface area contributed by atoms with Crippen molar-refractivity contribution in [3.63, 3.8) is 0 Å². The van der Waals surface area contributed by atoms with Gasteiger partial charge in [0.15, 0.2) is 6.61 Å². The molecule has 2 aromatic carbocycles. The Labute approximate surface area is 177 Å². The van der Waals surface area contributed by atoms with E-state index in [0.717, 1.165) is 17.5 Å². The molecular weight excluding hydrogens is 404 g/mol. The minimum atomic E-state index is -3.59. The molecule has 1 amide bonds. The summed E-state index contributed by atoms with van der Waals surface area (Å²) < 4.78 is 32.0. The minimum Gasteiger partial charge on any atom is -0.452 e. The molecule has 30 heavy (non-hydrogen) atoms. The fraction of sp³-hybridized carbons (Fsp3) is 0.364. The van der Waals surface area contributed by atoms with Crippen LogP contribution in [0.5, 0.6) is 0 Å². The van der Waals surface area contributed by atoms with Gasteiger partial charge in [0.05, 0.1) is 10.5 Å². The first-order valence-electron chi connectivity index (χ1n) is 9.92. The second-order valence-electron chi connectivity index (χ2n) is 7.22. The summed E-state index contributed by atoms with van der Waals surface area (Å²) in [5.74, 6) is -0.882. The molecule has 1 heterocycles. The van der Waals surface area contributed by atoms with E-state index < -0.39 is 16.0 Å². The maximum atomic E-state index is 12.7. The Bertz CT molecular complexity index is 993. The Morgan fingerprint density at radius 2 is 1.53 bits per heavy atom. The first-order valence-corrected chi connectivity index (χ1v) is 11.4. The van der Waals surface area contributed by atoms with E-state index in [-0.39, 0.29) is 43.6 Å². The van der Waals surface area contributed by atoms with Crippen molar-refractivity contribution in [1.82, 2.24) is 9.21 Å². The van der Waals surface area contributed by atoms with E-state index in [1.54, 1.807) is 36.4 Å². The van der Waals surface area contributed by atoms with Crippen molar-refractivity contribution < 1.29 is 22.7 Å². The van der Waals surface area contributed by atoms with Gasteiger partial charge < -0.3 is 9.64 Å². The van der Waals surface area contributed by atoms with Gasteiger partial charge in [0.1, 0.15) is 0 Å². The Kier molecular flexibility index (Phi) is 6.89. The van der Waals surface area contributed by atoms with Crippen LogP contribution in [0.15, 0.2) is 53.4 Å². The Balaban J connectivity index is 1.51. The number of piperazine rings is 1. The van der Waals surface area contributed by atoms with Crippen LogP contribution in [0.4, 0.5) is 0 Å². The van der Waals surface area contributed by atoms with Gasteiger partial charge in [-0.25, -0.2) is 13.2 Å². The predicted octanol–water partition coefficient (Wildman–Crippen LogP) is 2.25. The summed E-state index contributed by atoms with van der Waals surface area (Å²) in [5, 5.41) is 0. The number of ether oxygens (including phenoxy) is 1.